The fourth-order valence-corrected chi connectivity index (χ4v) is 3.77. The Morgan fingerprint density at radius 3 is 2.67 bits per heavy atom. The fraction of sp³-hybridized carbons (Fsp3) is 0.200. The van der Waals surface area contributed by atoms with E-state index < -0.39 is 10.8 Å². The van der Waals surface area contributed by atoms with Crippen LogP contribution in [-0.2, 0) is 0 Å². The van der Waals surface area contributed by atoms with Crippen molar-refractivity contribution >= 4 is 28.4 Å². The first-order chi connectivity index (χ1) is 15.8. The van der Waals surface area contributed by atoms with Gasteiger partial charge in [-0.15, -0.1) is 0 Å². The van der Waals surface area contributed by atoms with E-state index in [1.54, 1.807) is 19.1 Å². The number of aryl methyl sites for hydroxylation is 2. The molecule has 8 heteroatoms. The summed E-state index contributed by atoms with van der Waals surface area (Å²) < 4.78 is 11.3. The molecule has 0 saturated carbocycles. The smallest absolute Gasteiger partial charge is 0.311 e. The number of nitrogens with one attached hydrogen (secondary N) is 1. The number of benzene rings is 3. The molecule has 0 unspecified atom stereocenters. The lowest BCUT2D eigenvalue weighted by atomic mass is 10.1. The standard InChI is InChI=1S/C25H23N3O5/c1-5-32-22-10-9-17(13-21(22)28(30)31)24(29)26-19-8-6-7-18(16(19)4)25-27-20-12-14(2)11-15(3)23(20)33-25/h6-13H,5H2,1-4H3,(H,26,29). The quantitative estimate of drug-likeness (QED) is 0.289. The van der Waals surface area contributed by atoms with Gasteiger partial charge in [0.05, 0.1) is 11.5 Å². The molecule has 0 aliphatic rings. The number of rotatable bonds is 6. The van der Waals surface area contributed by atoms with Gasteiger partial charge in [0, 0.05) is 22.9 Å². The van der Waals surface area contributed by atoms with E-state index in [4.69, 9.17) is 9.15 Å². The van der Waals surface area contributed by atoms with Crippen molar-refractivity contribution in [2.45, 2.75) is 27.7 Å². The molecule has 1 aromatic heterocycles. The summed E-state index contributed by atoms with van der Waals surface area (Å²) in [6, 6.07) is 13.6. The van der Waals surface area contributed by atoms with Gasteiger partial charge in [0.2, 0.25) is 5.89 Å². The molecule has 0 fully saturated rings. The largest absolute Gasteiger partial charge is 0.487 e. The molecule has 0 atom stereocenters. The van der Waals surface area contributed by atoms with Crippen LogP contribution in [0.1, 0.15) is 34.0 Å². The zero-order valence-electron chi connectivity index (χ0n) is 18.8. The van der Waals surface area contributed by atoms with Gasteiger partial charge in [-0.2, -0.15) is 0 Å². The highest BCUT2D eigenvalue weighted by Gasteiger charge is 2.20. The average Bonchev–Trinajstić information content (AvgIpc) is 3.19. The first kappa shape index (κ1) is 22.0. The van der Waals surface area contributed by atoms with Crippen LogP contribution in [-0.4, -0.2) is 22.4 Å². The number of oxazole rings is 1. The third kappa shape index (κ3) is 4.27. The van der Waals surface area contributed by atoms with Crippen molar-refractivity contribution in [3.63, 3.8) is 0 Å². The first-order valence-electron chi connectivity index (χ1n) is 10.5. The fourth-order valence-electron chi connectivity index (χ4n) is 3.77. The molecule has 1 heterocycles. The van der Waals surface area contributed by atoms with Crippen LogP contribution in [0.25, 0.3) is 22.6 Å². The molecule has 33 heavy (non-hydrogen) atoms. The summed E-state index contributed by atoms with van der Waals surface area (Å²) in [6.07, 6.45) is 0. The Morgan fingerprint density at radius 2 is 1.94 bits per heavy atom. The van der Waals surface area contributed by atoms with Crippen LogP contribution in [0, 0.1) is 30.9 Å². The Labute approximate surface area is 190 Å². The highest BCUT2D eigenvalue weighted by molar-refractivity contribution is 6.05. The number of amides is 1. The van der Waals surface area contributed by atoms with Crippen molar-refractivity contribution in [3.8, 4) is 17.2 Å². The molecule has 1 amide bonds. The third-order valence-electron chi connectivity index (χ3n) is 5.35. The Kier molecular flexibility index (Phi) is 5.83. The van der Waals surface area contributed by atoms with Gasteiger partial charge in [-0.3, -0.25) is 14.9 Å². The van der Waals surface area contributed by atoms with E-state index in [1.807, 2.05) is 39.0 Å². The average molecular weight is 445 g/mol. The zero-order chi connectivity index (χ0) is 23.7. The second-order valence-electron chi connectivity index (χ2n) is 7.75. The number of anilines is 1. The molecule has 0 saturated heterocycles. The number of ether oxygens (including phenoxy) is 1. The maximum Gasteiger partial charge on any atom is 0.311 e. The zero-order valence-corrected chi connectivity index (χ0v) is 18.8. The summed E-state index contributed by atoms with van der Waals surface area (Å²) >= 11 is 0. The Morgan fingerprint density at radius 1 is 1.15 bits per heavy atom. The van der Waals surface area contributed by atoms with E-state index in [0.29, 0.717) is 11.6 Å². The van der Waals surface area contributed by atoms with E-state index >= 15 is 0 Å². The molecular formula is C25H23N3O5. The third-order valence-corrected chi connectivity index (χ3v) is 5.35. The molecule has 0 aliphatic heterocycles. The number of nitro groups is 1. The molecule has 0 spiro atoms. The number of hydrogen-bond acceptors (Lipinski definition) is 6. The number of fused-ring (bicyclic) bond motifs is 1. The molecule has 4 aromatic rings. The number of carbonyl (C=O) groups is 1. The normalized spacial score (nSPS) is 10.9. The van der Waals surface area contributed by atoms with E-state index in [9.17, 15) is 14.9 Å². The van der Waals surface area contributed by atoms with Gasteiger partial charge in [0.25, 0.3) is 5.91 Å². The number of hydrogen-bond donors (Lipinski definition) is 1. The minimum absolute atomic E-state index is 0.124. The van der Waals surface area contributed by atoms with Crippen LogP contribution < -0.4 is 10.1 Å². The maximum absolute atomic E-state index is 12.9. The lowest BCUT2D eigenvalue weighted by molar-refractivity contribution is -0.385. The van der Waals surface area contributed by atoms with E-state index in [0.717, 1.165) is 33.4 Å². The molecule has 0 radical (unpaired) electrons. The van der Waals surface area contributed by atoms with Crippen molar-refractivity contribution in [3.05, 3.63) is 80.9 Å². The van der Waals surface area contributed by atoms with Crippen molar-refractivity contribution in [2.75, 3.05) is 11.9 Å². The van der Waals surface area contributed by atoms with E-state index in [2.05, 4.69) is 10.3 Å². The van der Waals surface area contributed by atoms with Gasteiger partial charge < -0.3 is 14.5 Å². The molecule has 4 rings (SSSR count). The highest BCUT2D eigenvalue weighted by atomic mass is 16.6. The van der Waals surface area contributed by atoms with Crippen LogP contribution in [0.5, 0.6) is 5.75 Å². The summed E-state index contributed by atoms with van der Waals surface area (Å²) in [6.45, 7) is 7.86. The number of carbonyl (C=O) groups excluding carboxylic acids is 1. The lowest BCUT2D eigenvalue weighted by Gasteiger charge is -2.11. The van der Waals surface area contributed by atoms with Crippen molar-refractivity contribution in [1.82, 2.24) is 4.98 Å². The molecule has 168 valence electrons. The monoisotopic (exact) mass is 445 g/mol. The number of nitrogens with zero attached hydrogens (tertiary/aromatic N) is 2. The Hall–Kier alpha value is -4.20. The topological polar surface area (TPSA) is 108 Å². The minimum atomic E-state index is -0.565. The predicted molar refractivity (Wildman–Crippen MR) is 126 cm³/mol. The summed E-state index contributed by atoms with van der Waals surface area (Å²) in [5.41, 5.74) is 5.58. The molecule has 0 bridgehead atoms. The van der Waals surface area contributed by atoms with Crippen molar-refractivity contribution < 1.29 is 18.9 Å². The number of nitro benzene ring substituents is 1. The van der Waals surface area contributed by atoms with Crippen LogP contribution >= 0.6 is 0 Å². The summed E-state index contributed by atoms with van der Waals surface area (Å²) in [7, 11) is 0. The second kappa shape index (κ2) is 8.74. The second-order valence-corrected chi connectivity index (χ2v) is 7.75. The molecule has 3 aromatic carbocycles. The van der Waals surface area contributed by atoms with Gasteiger partial charge in [0.1, 0.15) is 5.52 Å². The van der Waals surface area contributed by atoms with Gasteiger partial charge in [-0.05, 0) is 74.7 Å². The van der Waals surface area contributed by atoms with Crippen molar-refractivity contribution in [2.24, 2.45) is 0 Å². The number of aromatic nitrogens is 1. The summed E-state index contributed by atoms with van der Waals surface area (Å²) in [5, 5.41) is 14.2. The van der Waals surface area contributed by atoms with Crippen LogP contribution in [0.15, 0.2) is 52.9 Å². The predicted octanol–water partition coefficient (Wildman–Crippen LogP) is 5.98. The summed E-state index contributed by atoms with van der Waals surface area (Å²) in [4.78, 5) is 28.3. The first-order valence-corrected chi connectivity index (χ1v) is 10.5. The Bertz CT molecular complexity index is 1390. The van der Waals surface area contributed by atoms with Gasteiger partial charge >= 0.3 is 5.69 Å². The van der Waals surface area contributed by atoms with Gasteiger partial charge in [0.15, 0.2) is 11.3 Å². The van der Waals surface area contributed by atoms with Gasteiger partial charge in [-0.1, -0.05) is 12.1 Å². The highest BCUT2D eigenvalue weighted by Crippen LogP contribution is 2.33. The van der Waals surface area contributed by atoms with Crippen LogP contribution in [0.2, 0.25) is 0 Å². The van der Waals surface area contributed by atoms with E-state index in [1.165, 1.54) is 18.2 Å². The summed E-state index contributed by atoms with van der Waals surface area (Å²) in [5.74, 6) is 0.119. The molecule has 0 aliphatic carbocycles. The SMILES string of the molecule is CCOc1ccc(C(=O)Nc2cccc(-c3nc4cc(C)cc(C)c4o3)c2C)cc1[N+](=O)[O-]. The van der Waals surface area contributed by atoms with Gasteiger partial charge in [-0.25, -0.2) is 4.98 Å². The molecular weight excluding hydrogens is 422 g/mol. The lowest BCUT2D eigenvalue weighted by Crippen LogP contribution is -2.13. The molecule has 1 N–H and O–H groups in total. The van der Waals surface area contributed by atoms with E-state index in [-0.39, 0.29) is 23.6 Å². The van der Waals surface area contributed by atoms with Crippen LogP contribution in [0.4, 0.5) is 11.4 Å². The van der Waals surface area contributed by atoms with Crippen molar-refractivity contribution in [1.29, 1.82) is 0 Å². The maximum atomic E-state index is 12.9. The Balaban J connectivity index is 1.66. The van der Waals surface area contributed by atoms with Crippen LogP contribution in [0.3, 0.4) is 0 Å². The minimum Gasteiger partial charge on any atom is -0.487 e. The molecule has 8 nitrogen and oxygen atoms in total.